The van der Waals surface area contributed by atoms with Crippen LogP contribution in [0.15, 0.2) is 72.4 Å². The third-order valence-electron chi connectivity index (χ3n) is 8.89. The summed E-state index contributed by atoms with van der Waals surface area (Å²) in [6.07, 6.45) is 8.15. The normalized spacial score (nSPS) is 16.4. The molecule has 0 bridgehead atoms. The maximum Gasteiger partial charge on any atom is 0.355 e. The fourth-order valence-corrected chi connectivity index (χ4v) is 7.34. The molecule has 1 unspecified atom stereocenters. The summed E-state index contributed by atoms with van der Waals surface area (Å²) in [6.45, 7) is 6.07. The van der Waals surface area contributed by atoms with E-state index in [9.17, 15) is 14.7 Å². The number of nitrogens with zero attached hydrogens (tertiary/aromatic N) is 5. The highest BCUT2D eigenvalue weighted by molar-refractivity contribution is 7.22. The van der Waals surface area contributed by atoms with Crippen LogP contribution in [0.4, 0.5) is 10.9 Å². The van der Waals surface area contributed by atoms with Crippen LogP contribution in [0.5, 0.6) is 0 Å². The molecule has 4 heterocycles. The molecular formula is C35H34N6O3S. The first-order chi connectivity index (χ1) is 21.8. The molecule has 2 aliphatic rings. The fourth-order valence-electron chi connectivity index (χ4n) is 6.48. The predicted molar refractivity (Wildman–Crippen MR) is 177 cm³/mol. The zero-order chi connectivity index (χ0) is 31.1. The van der Waals surface area contributed by atoms with Crippen molar-refractivity contribution in [1.29, 1.82) is 0 Å². The molecule has 1 atom stereocenters. The Kier molecular flexibility index (Phi) is 7.66. The van der Waals surface area contributed by atoms with Gasteiger partial charge in [-0.05, 0) is 80.0 Å². The topological polar surface area (TPSA) is 113 Å². The minimum Gasteiger partial charge on any atom is -0.476 e. The van der Waals surface area contributed by atoms with E-state index in [-0.39, 0.29) is 11.6 Å². The van der Waals surface area contributed by atoms with Crippen molar-refractivity contribution < 1.29 is 14.7 Å². The summed E-state index contributed by atoms with van der Waals surface area (Å²) < 4.78 is 2.97. The Labute approximate surface area is 265 Å². The highest BCUT2D eigenvalue weighted by Gasteiger charge is 2.26. The minimum atomic E-state index is -1.09. The number of carbonyl (C=O) groups is 2. The predicted octanol–water partition coefficient (Wildman–Crippen LogP) is 7.12. The number of rotatable bonds is 7. The second kappa shape index (κ2) is 11.9. The van der Waals surface area contributed by atoms with E-state index >= 15 is 0 Å². The molecule has 1 aliphatic heterocycles. The summed E-state index contributed by atoms with van der Waals surface area (Å²) in [4.78, 5) is 37.2. The van der Waals surface area contributed by atoms with Crippen LogP contribution in [-0.4, -0.2) is 43.3 Å². The molecule has 7 rings (SSSR count). The molecule has 0 fully saturated rings. The number of carbonyl (C=O) groups excluding carboxylic acids is 1. The number of nitrogens with one attached hydrogen (secondary N) is 1. The van der Waals surface area contributed by atoms with Crippen LogP contribution >= 0.6 is 11.3 Å². The third kappa shape index (κ3) is 5.73. The monoisotopic (exact) mass is 618 g/mol. The van der Waals surface area contributed by atoms with Crippen LogP contribution in [-0.2, 0) is 19.5 Å². The summed E-state index contributed by atoms with van der Waals surface area (Å²) in [6, 6.07) is 17.3. The molecule has 0 saturated carbocycles. The molecule has 228 valence electrons. The minimum absolute atomic E-state index is 0.00619. The van der Waals surface area contributed by atoms with Gasteiger partial charge in [0.05, 0.1) is 23.0 Å². The summed E-state index contributed by atoms with van der Waals surface area (Å²) in [5, 5.41) is 18.4. The number of fused-ring (bicyclic) bond motifs is 2. The molecule has 0 radical (unpaired) electrons. The number of thiazole rings is 1. The highest BCUT2D eigenvalue weighted by atomic mass is 32.1. The summed E-state index contributed by atoms with van der Waals surface area (Å²) in [5.41, 5.74) is 7.05. The molecule has 9 nitrogen and oxygen atoms in total. The van der Waals surface area contributed by atoms with Crippen molar-refractivity contribution in [2.45, 2.75) is 52.6 Å². The van der Waals surface area contributed by atoms with Gasteiger partial charge >= 0.3 is 5.97 Å². The Hall–Kier alpha value is -4.83. The van der Waals surface area contributed by atoms with Gasteiger partial charge in [-0.1, -0.05) is 54.2 Å². The number of amides is 1. The number of hydrogen-bond donors (Lipinski definition) is 2. The average molecular weight is 619 g/mol. The number of para-hydroxylation sites is 1. The van der Waals surface area contributed by atoms with Gasteiger partial charge in [0.2, 0.25) is 0 Å². The number of hydrogen-bond acceptors (Lipinski definition) is 7. The Balaban J connectivity index is 1.14. The van der Waals surface area contributed by atoms with Crippen molar-refractivity contribution in [2.75, 3.05) is 16.8 Å². The van der Waals surface area contributed by atoms with Gasteiger partial charge in [-0.15, -0.1) is 0 Å². The Bertz CT molecular complexity index is 1940. The lowest BCUT2D eigenvalue weighted by molar-refractivity contribution is 0.0691. The van der Waals surface area contributed by atoms with Gasteiger partial charge < -0.3 is 10.0 Å². The number of aromatic nitrogens is 4. The largest absolute Gasteiger partial charge is 0.476 e. The van der Waals surface area contributed by atoms with E-state index < -0.39 is 5.97 Å². The first kappa shape index (κ1) is 28.9. The van der Waals surface area contributed by atoms with Gasteiger partial charge in [-0.25, -0.2) is 14.8 Å². The van der Waals surface area contributed by atoms with E-state index in [1.807, 2.05) is 71.1 Å². The first-order valence-electron chi connectivity index (χ1n) is 15.3. The van der Waals surface area contributed by atoms with Crippen LogP contribution in [0.1, 0.15) is 63.9 Å². The number of carboxylic acids is 1. The molecule has 2 N–H and O–H groups in total. The summed E-state index contributed by atoms with van der Waals surface area (Å²) in [7, 11) is 0. The molecule has 0 saturated heterocycles. The molecule has 1 aliphatic carbocycles. The van der Waals surface area contributed by atoms with Gasteiger partial charge in [0.15, 0.2) is 10.8 Å². The van der Waals surface area contributed by atoms with Gasteiger partial charge in [0, 0.05) is 35.5 Å². The van der Waals surface area contributed by atoms with Crippen LogP contribution in [0.25, 0.3) is 21.3 Å². The molecule has 5 aromatic rings. The molecule has 10 heteroatoms. The number of benzene rings is 2. The van der Waals surface area contributed by atoms with Crippen molar-refractivity contribution in [1.82, 2.24) is 19.7 Å². The zero-order valence-electron chi connectivity index (χ0n) is 25.3. The second-order valence-corrected chi connectivity index (χ2v) is 13.0. The van der Waals surface area contributed by atoms with Crippen LogP contribution in [0.2, 0.25) is 0 Å². The van der Waals surface area contributed by atoms with Crippen molar-refractivity contribution in [3.63, 3.8) is 0 Å². The van der Waals surface area contributed by atoms with E-state index in [0.717, 1.165) is 45.4 Å². The lowest BCUT2D eigenvalue weighted by Crippen LogP contribution is -2.33. The SMILES string of the molecule is Cc1c(-c2ccc(N3CCc4cccc(C(=O)Nc5nc6ccccc6s5)c4C3)nc2C(=O)O)cnn1CC1=CCCC(C)C1. The van der Waals surface area contributed by atoms with E-state index in [0.29, 0.717) is 54.0 Å². The van der Waals surface area contributed by atoms with E-state index in [4.69, 9.17) is 0 Å². The van der Waals surface area contributed by atoms with E-state index in [1.165, 1.54) is 23.3 Å². The zero-order valence-corrected chi connectivity index (χ0v) is 26.1. The molecule has 45 heavy (non-hydrogen) atoms. The molecule has 1 amide bonds. The number of pyridine rings is 1. The number of allylic oxidation sites excluding steroid dienone is 2. The van der Waals surface area contributed by atoms with E-state index in [2.05, 4.69) is 33.4 Å². The first-order valence-corrected chi connectivity index (χ1v) is 16.1. The van der Waals surface area contributed by atoms with Crippen LogP contribution in [0, 0.1) is 12.8 Å². The highest BCUT2D eigenvalue weighted by Crippen LogP contribution is 2.33. The Morgan fingerprint density at radius 1 is 1.07 bits per heavy atom. The number of carboxylic acid groups (broad SMARTS) is 1. The summed E-state index contributed by atoms with van der Waals surface area (Å²) >= 11 is 1.44. The molecule has 3 aromatic heterocycles. The van der Waals surface area contributed by atoms with Crippen molar-refractivity contribution in [3.8, 4) is 11.1 Å². The van der Waals surface area contributed by atoms with Gasteiger partial charge in [-0.2, -0.15) is 5.10 Å². The molecule has 2 aromatic carbocycles. The lowest BCUT2D eigenvalue weighted by Gasteiger charge is -2.31. The van der Waals surface area contributed by atoms with Crippen molar-refractivity contribution in [3.05, 3.63) is 101 Å². The van der Waals surface area contributed by atoms with Crippen molar-refractivity contribution >= 4 is 44.4 Å². The number of anilines is 2. The van der Waals surface area contributed by atoms with Crippen molar-refractivity contribution in [2.24, 2.45) is 5.92 Å². The summed E-state index contributed by atoms with van der Waals surface area (Å²) in [5.74, 6) is -0.0691. The smallest absolute Gasteiger partial charge is 0.355 e. The van der Waals surface area contributed by atoms with Gasteiger partial charge in [0.1, 0.15) is 5.82 Å². The third-order valence-corrected chi connectivity index (χ3v) is 9.84. The lowest BCUT2D eigenvalue weighted by atomic mass is 9.90. The fraction of sp³-hybridized carbons (Fsp3) is 0.286. The molecule has 0 spiro atoms. The standard InChI is InChI=1S/C35H34N6O3S/c1-21-7-5-8-23(17-21)19-41-22(2)27(18-36-41)25-13-14-31(38-32(25)34(43)44)40-16-15-24-9-6-10-26(28(24)20-40)33(42)39-35-37-29-11-3-4-12-30(29)45-35/h3-4,6,8-14,18,21H,5,7,15-17,19-20H2,1-2H3,(H,43,44)(H,37,39,42). The maximum atomic E-state index is 13.5. The Morgan fingerprint density at radius 3 is 2.76 bits per heavy atom. The number of aromatic carboxylic acids is 1. The Morgan fingerprint density at radius 2 is 1.93 bits per heavy atom. The quantitative estimate of drug-likeness (QED) is 0.187. The van der Waals surface area contributed by atoms with Gasteiger partial charge in [0.25, 0.3) is 5.91 Å². The second-order valence-electron chi connectivity index (χ2n) is 12.0. The average Bonchev–Trinajstić information content (AvgIpc) is 3.62. The van der Waals surface area contributed by atoms with Gasteiger partial charge in [-0.3, -0.25) is 14.8 Å². The van der Waals surface area contributed by atoms with E-state index in [1.54, 1.807) is 6.20 Å². The maximum absolute atomic E-state index is 13.5. The van der Waals surface area contributed by atoms with Crippen LogP contribution < -0.4 is 10.2 Å². The molecular weight excluding hydrogens is 584 g/mol. The van der Waals surface area contributed by atoms with Crippen LogP contribution in [0.3, 0.4) is 0 Å².